The first-order chi connectivity index (χ1) is 16.9. The summed E-state index contributed by atoms with van der Waals surface area (Å²) in [7, 11) is 0. The van der Waals surface area contributed by atoms with E-state index in [9.17, 15) is 9.59 Å². The van der Waals surface area contributed by atoms with Crippen LogP contribution in [0.1, 0.15) is 51.5 Å². The summed E-state index contributed by atoms with van der Waals surface area (Å²) in [4.78, 5) is 30.0. The van der Waals surface area contributed by atoms with Crippen LogP contribution < -0.4 is 0 Å². The van der Waals surface area contributed by atoms with E-state index in [1.54, 1.807) is 11.8 Å². The Bertz CT molecular complexity index is 1060. The maximum atomic E-state index is 12.4. The average Bonchev–Trinajstić information content (AvgIpc) is 3.25. The number of rotatable bonds is 9. The molecule has 0 spiro atoms. The standard InChI is InChI=1S/C27H34N2O6/c1-3-24(26(30)31)35-22-12-14-29(15-13-22)27(32)33-16-6-9-23-18(2)34-25(28-23)21-11-10-19-7-4-5-8-20(19)17-21/h4-5,7-8,10-11,17-18,22-24H,3,6,9,12-16H2,1-2H3,(H,30,31)/t18-,23?,24?/m0/s1. The second-order valence-electron chi connectivity index (χ2n) is 9.20. The number of piperidine rings is 1. The monoisotopic (exact) mass is 482 g/mol. The van der Waals surface area contributed by atoms with E-state index >= 15 is 0 Å². The maximum absolute atomic E-state index is 12.4. The van der Waals surface area contributed by atoms with Crippen molar-refractivity contribution in [3.63, 3.8) is 0 Å². The molecule has 0 aromatic heterocycles. The van der Waals surface area contributed by atoms with Crippen molar-refractivity contribution in [1.29, 1.82) is 0 Å². The number of carbonyl (C=O) groups excluding carboxylic acids is 1. The zero-order chi connectivity index (χ0) is 24.8. The van der Waals surface area contributed by atoms with Gasteiger partial charge >= 0.3 is 12.1 Å². The van der Waals surface area contributed by atoms with Crippen molar-refractivity contribution in [2.24, 2.45) is 4.99 Å². The Morgan fingerprint density at radius 3 is 2.63 bits per heavy atom. The van der Waals surface area contributed by atoms with Crippen molar-refractivity contribution in [3.8, 4) is 0 Å². The number of likely N-dealkylation sites (tertiary alicyclic amines) is 1. The van der Waals surface area contributed by atoms with Gasteiger partial charge in [-0.15, -0.1) is 0 Å². The highest BCUT2D eigenvalue weighted by Gasteiger charge is 2.29. The third-order valence-corrected chi connectivity index (χ3v) is 6.69. The van der Waals surface area contributed by atoms with Crippen LogP contribution in [0.3, 0.4) is 0 Å². The number of carboxylic acids is 1. The molecule has 0 saturated carbocycles. The van der Waals surface area contributed by atoms with E-state index < -0.39 is 12.1 Å². The van der Waals surface area contributed by atoms with Gasteiger partial charge in [0.15, 0.2) is 6.10 Å². The van der Waals surface area contributed by atoms with Gasteiger partial charge in [-0.25, -0.2) is 14.6 Å². The molecular weight excluding hydrogens is 448 g/mol. The zero-order valence-corrected chi connectivity index (χ0v) is 20.4. The Hall–Kier alpha value is -3.13. The third kappa shape index (κ3) is 6.31. The molecular formula is C27H34N2O6. The summed E-state index contributed by atoms with van der Waals surface area (Å²) < 4.78 is 17.2. The predicted molar refractivity (Wildman–Crippen MR) is 133 cm³/mol. The lowest BCUT2D eigenvalue weighted by atomic mass is 10.1. The van der Waals surface area contributed by atoms with Crippen molar-refractivity contribution in [3.05, 3.63) is 48.0 Å². The second kappa shape index (κ2) is 11.5. The van der Waals surface area contributed by atoms with Crippen LogP contribution in [0, 0.1) is 0 Å². The number of benzene rings is 2. The number of ether oxygens (including phenoxy) is 3. The highest BCUT2D eigenvalue weighted by molar-refractivity contribution is 5.99. The number of hydrogen-bond donors (Lipinski definition) is 1. The summed E-state index contributed by atoms with van der Waals surface area (Å²) in [5.41, 5.74) is 0.977. The first-order valence-corrected chi connectivity index (χ1v) is 12.5. The molecule has 1 saturated heterocycles. The molecule has 2 unspecified atom stereocenters. The Labute approximate surface area is 205 Å². The molecule has 8 nitrogen and oxygen atoms in total. The van der Waals surface area contributed by atoms with Crippen LogP contribution in [0.4, 0.5) is 4.79 Å². The molecule has 1 N–H and O–H groups in total. The molecule has 2 aliphatic heterocycles. The molecule has 3 atom stereocenters. The number of hydrogen-bond acceptors (Lipinski definition) is 6. The topological polar surface area (TPSA) is 97.7 Å². The Morgan fingerprint density at radius 1 is 1.17 bits per heavy atom. The molecule has 2 aromatic rings. The predicted octanol–water partition coefficient (Wildman–Crippen LogP) is 4.63. The summed E-state index contributed by atoms with van der Waals surface area (Å²) in [5, 5.41) is 11.5. The number of nitrogens with zero attached hydrogens (tertiary/aromatic N) is 2. The van der Waals surface area contributed by atoms with E-state index in [0.29, 0.717) is 51.3 Å². The smallest absolute Gasteiger partial charge is 0.409 e. The van der Waals surface area contributed by atoms with Gasteiger partial charge in [-0.2, -0.15) is 0 Å². The normalized spacial score (nSPS) is 21.4. The van der Waals surface area contributed by atoms with Crippen LogP contribution in [0.25, 0.3) is 10.8 Å². The van der Waals surface area contributed by atoms with E-state index in [1.165, 1.54) is 5.39 Å². The van der Waals surface area contributed by atoms with Gasteiger partial charge in [0, 0.05) is 18.7 Å². The van der Waals surface area contributed by atoms with Gasteiger partial charge in [-0.05, 0) is 61.9 Å². The van der Waals surface area contributed by atoms with Gasteiger partial charge in [0.1, 0.15) is 6.10 Å². The van der Waals surface area contributed by atoms with Gasteiger partial charge < -0.3 is 24.2 Å². The number of aliphatic carboxylic acids is 1. The number of carboxylic acid groups (broad SMARTS) is 1. The number of carbonyl (C=O) groups is 2. The van der Waals surface area contributed by atoms with Crippen LogP contribution in [0.15, 0.2) is 47.5 Å². The summed E-state index contributed by atoms with van der Waals surface area (Å²) in [6.45, 7) is 5.16. The van der Waals surface area contributed by atoms with Gasteiger partial charge in [0.2, 0.25) is 5.90 Å². The van der Waals surface area contributed by atoms with E-state index in [2.05, 4.69) is 24.3 Å². The molecule has 8 heteroatoms. The quantitative estimate of drug-likeness (QED) is 0.523. The van der Waals surface area contributed by atoms with Crippen molar-refractivity contribution >= 4 is 28.7 Å². The highest BCUT2D eigenvalue weighted by atomic mass is 16.6. The molecule has 4 rings (SSSR count). The fraction of sp³-hybridized carbons (Fsp3) is 0.519. The molecule has 0 radical (unpaired) electrons. The molecule has 0 aliphatic carbocycles. The first kappa shape index (κ1) is 25.0. The molecule has 188 valence electrons. The maximum Gasteiger partial charge on any atom is 0.409 e. The SMILES string of the molecule is CCC(OC1CCN(C(=O)OCCCC2N=C(c3ccc4ccccc4c3)O[C@H]2C)CC1)C(=O)O. The lowest BCUT2D eigenvalue weighted by Crippen LogP contribution is -2.43. The Balaban J connectivity index is 1.19. The van der Waals surface area contributed by atoms with Crippen molar-refractivity contribution in [2.45, 2.75) is 70.3 Å². The van der Waals surface area contributed by atoms with Gasteiger partial charge in [-0.1, -0.05) is 37.3 Å². The highest BCUT2D eigenvalue weighted by Crippen LogP contribution is 2.24. The largest absolute Gasteiger partial charge is 0.479 e. The molecule has 2 heterocycles. The minimum Gasteiger partial charge on any atom is -0.479 e. The van der Waals surface area contributed by atoms with Crippen LogP contribution >= 0.6 is 0 Å². The van der Waals surface area contributed by atoms with Gasteiger partial charge in [0.25, 0.3) is 0 Å². The van der Waals surface area contributed by atoms with Crippen LogP contribution in [-0.4, -0.2) is 72.0 Å². The third-order valence-electron chi connectivity index (χ3n) is 6.69. The molecule has 1 amide bonds. The van der Waals surface area contributed by atoms with Gasteiger partial charge in [-0.3, -0.25) is 0 Å². The van der Waals surface area contributed by atoms with Crippen molar-refractivity contribution in [2.75, 3.05) is 19.7 Å². The lowest BCUT2D eigenvalue weighted by Gasteiger charge is -2.32. The van der Waals surface area contributed by atoms with Gasteiger partial charge in [0.05, 0.1) is 18.8 Å². The van der Waals surface area contributed by atoms with Crippen LogP contribution in [-0.2, 0) is 19.0 Å². The van der Waals surface area contributed by atoms with Crippen LogP contribution in [0.2, 0.25) is 0 Å². The van der Waals surface area contributed by atoms with E-state index in [-0.39, 0.29) is 24.3 Å². The minimum atomic E-state index is -0.940. The fourth-order valence-electron chi connectivity index (χ4n) is 4.58. The van der Waals surface area contributed by atoms with E-state index in [1.807, 2.05) is 25.1 Å². The molecule has 2 aliphatic rings. The number of aliphatic imine (C=N–C) groups is 1. The fourth-order valence-corrected chi connectivity index (χ4v) is 4.58. The first-order valence-electron chi connectivity index (χ1n) is 12.5. The molecule has 2 aromatic carbocycles. The molecule has 0 bridgehead atoms. The number of amides is 1. The Morgan fingerprint density at radius 2 is 1.91 bits per heavy atom. The molecule has 35 heavy (non-hydrogen) atoms. The summed E-state index contributed by atoms with van der Waals surface area (Å²) >= 11 is 0. The van der Waals surface area contributed by atoms with E-state index in [4.69, 9.17) is 24.3 Å². The van der Waals surface area contributed by atoms with E-state index in [0.717, 1.165) is 17.4 Å². The van der Waals surface area contributed by atoms with Crippen LogP contribution in [0.5, 0.6) is 0 Å². The molecule has 1 fully saturated rings. The zero-order valence-electron chi connectivity index (χ0n) is 20.4. The second-order valence-corrected chi connectivity index (χ2v) is 9.20. The summed E-state index contributed by atoms with van der Waals surface area (Å²) in [6, 6.07) is 14.5. The summed E-state index contributed by atoms with van der Waals surface area (Å²) in [6.07, 6.45) is 1.85. The summed E-state index contributed by atoms with van der Waals surface area (Å²) in [5.74, 6) is -0.270. The average molecular weight is 483 g/mol. The number of fused-ring (bicyclic) bond motifs is 1. The van der Waals surface area contributed by atoms with Crippen molar-refractivity contribution in [1.82, 2.24) is 4.90 Å². The minimum absolute atomic E-state index is 0.0241. The van der Waals surface area contributed by atoms with Crippen molar-refractivity contribution < 1.29 is 28.9 Å². The lowest BCUT2D eigenvalue weighted by molar-refractivity contribution is -0.156. The Kier molecular flexibility index (Phi) is 8.23.